The smallest absolute Gasteiger partial charge is 0.319 e. The zero-order valence-corrected chi connectivity index (χ0v) is 23.0. The van der Waals surface area contributed by atoms with Crippen LogP contribution in [0, 0.1) is 5.92 Å². The summed E-state index contributed by atoms with van der Waals surface area (Å²) in [7, 11) is 1.59. The van der Waals surface area contributed by atoms with Crippen molar-refractivity contribution in [2.75, 3.05) is 7.11 Å². The Labute approximate surface area is 233 Å². The van der Waals surface area contributed by atoms with Crippen LogP contribution in [0.2, 0.25) is 0 Å². The number of esters is 2. The van der Waals surface area contributed by atoms with E-state index in [9.17, 15) is 19.5 Å². The molecule has 1 aliphatic heterocycles. The lowest BCUT2D eigenvalue weighted by atomic mass is 9.47. The molecule has 2 aromatic rings. The normalized spacial score (nSPS) is 28.8. The molecule has 6 rings (SSSR count). The number of ether oxygens (including phenoxy) is 4. The summed E-state index contributed by atoms with van der Waals surface area (Å²) in [4.78, 5) is 38.2. The van der Waals surface area contributed by atoms with Gasteiger partial charge in [-0.15, -0.1) is 0 Å². The molecule has 6 atom stereocenters. The van der Waals surface area contributed by atoms with E-state index in [0.717, 1.165) is 30.4 Å². The van der Waals surface area contributed by atoms with Crippen LogP contribution in [0.3, 0.4) is 0 Å². The molecule has 3 aliphatic carbocycles. The quantitative estimate of drug-likeness (QED) is 0.488. The van der Waals surface area contributed by atoms with Crippen molar-refractivity contribution in [1.29, 1.82) is 0 Å². The van der Waals surface area contributed by atoms with E-state index < -0.39 is 41.1 Å². The van der Waals surface area contributed by atoms with E-state index >= 15 is 0 Å². The Bertz CT molecular complexity index is 1400. The second-order valence-electron chi connectivity index (χ2n) is 11.4. The largest absolute Gasteiger partial charge is 0.493 e. The first-order chi connectivity index (χ1) is 19.2. The van der Waals surface area contributed by atoms with Crippen LogP contribution >= 0.6 is 0 Å². The van der Waals surface area contributed by atoms with Crippen LogP contribution in [0.15, 0.2) is 54.3 Å². The van der Waals surface area contributed by atoms with E-state index in [2.05, 4.69) is 6.07 Å². The first-order valence-electron chi connectivity index (χ1n) is 14.0. The molecule has 40 heavy (non-hydrogen) atoms. The molecule has 1 fully saturated rings. The number of aliphatic hydroxyl groups is 1. The molecule has 1 heterocycles. The van der Waals surface area contributed by atoms with E-state index in [4.69, 9.17) is 18.9 Å². The van der Waals surface area contributed by atoms with E-state index in [1.54, 1.807) is 37.5 Å². The average molecular weight is 547 g/mol. The van der Waals surface area contributed by atoms with Gasteiger partial charge in [0.15, 0.2) is 29.5 Å². The first-order valence-corrected chi connectivity index (χ1v) is 14.0. The molecule has 1 spiro atoms. The van der Waals surface area contributed by atoms with Crippen molar-refractivity contribution in [2.24, 2.45) is 5.92 Å². The van der Waals surface area contributed by atoms with Gasteiger partial charge in [0.05, 0.1) is 24.0 Å². The molecule has 8 nitrogen and oxygen atoms in total. The topological polar surface area (TPSA) is 108 Å². The number of Topliss-reactive ketones (excluding diaryl/α,β-unsaturated/α-hetero) is 1. The van der Waals surface area contributed by atoms with Gasteiger partial charge in [-0.25, -0.2) is 0 Å². The van der Waals surface area contributed by atoms with Crippen molar-refractivity contribution in [2.45, 2.75) is 81.5 Å². The third-order valence-corrected chi connectivity index (χ3v) is 9.37. The molecule has 0 aromatic heterocycles. The summed E-state index contributed by atoms with van der Waals surface area (Å²) in [6, 6.07) is 12.9. The van der Waals surface area contributed by atoms with E-state index in [-0.39, 0.29) is 18.1 Å². The lowest BCUT2D eigenvalue weighted by Gasteiger charge is -2.59. The highest BCUT2D eigenvalue weighted by Crippen LogP contribution is 2.67. The molecular weight excluding hydrogens is 512 g/mol. The van der Waals surface area contributed by atoms with Crippen LogP contribution in [-0.2, 0) is 35.7 Å². The van der Waals surface area contributed by atoms with E-state index in [1.165, 1.54) is 13.8 Å². The van der Waals surface area contributed by atoms with E-state index in [1.807, 2.05) is 12.1 Å². The Morgan fingerprint density at radius 3 is 2.65 bits per heavy atom. The van der Waals surface area contributed by atoms with Crippen LogP contribution in [0.1, 0.15) is 68.6 Å². The summed E-state index contributed by atoms with van der Waals surface area (Å²) in [5.41, 5.74) is 0.969. The number of rotatable bonds is 8. The number of ketones is 1. The van der Waals surface area contributed by atoms with Gasteiger partial charge in [-0.05, 0) is 61.8 Å². The fourth-order valence-electron chi connectivity index (χ4n) is 7.57. The maximum atomic E-state index is 13.8. The molecule has 2 aromatic carbocycles. The SMILES string of the molecule is COc1ccc2c3c1O[C@H]1C(OC(=O)[C@@H](CC(=O)[C@H](C)OC(C)=O)c4ccccc4)=CC[C@@]4(O)[C@H](CCC[C@]314)C2. The van der Waals surface area contributed by atoms with Crippen molar-refractivity contribution in [3.8, 4) is 11.5 Å². The Balaban J connectivity index is 1.35. The highest BCUT2D eigenvalue weighted by Gasteiger charge is 2.71. The molecule has 4 aliphatic rings. The minimum absolute atomic E-state index is 0.0742. The number of methoxy groups -OCH3 is 1. The molecule has 1 N–H and O–H groups in total. The molecule has 0 amide bonds. The second kappa shape index (κ2) is 9.77. The fourth-order valence-corrected chi connectivity index (χ4v) is 7.57. The Hall–Kier alpha value is -3.65. The van der Waals surface area contributed by atoms with Gasteiger partial charge < -0.3 is 24.1 Å². The summed E-state index contributed by atoms with van der Waals surface area (Å²) >= 11 is 0. The average Bonchev–Trinajstić information content (AvgIpc) is 3.28. The molecule has 0 unspecified atom stereocenters. The fraction of sp³-hybridized carbons (Fsp3) is 0.469. The Morgan fingerprint density at radius 2 is 1.93 bits per heavy atom. The van der Waals surface area contributed by atoms with Crippen LogP contribution in [-0.4, -0.2) is 47.7 Å². The summed E-state index contributed by atoms with van der Waals surface area (Å²) in [6.07, 6.45) is 3.57. The number of carbonyl (C=O) groups is 3. The molecule has 8 heteroatoms. The minimum atomic E-state index is -1.02. The number of hydrogen-bond acceptors (Lipinski definition) is 8. The summed E-state index contributed by atoms with van der Waals surface area (Å²) in [5, 5.41) is 12.3. The van der Waals surface area contributed by atoms with Gasteiger partial charge in [0, 0.05) is 18.9 Å². The number of carbonyl (C=O) groups excluding carboxylic acids is 3. The molecular formula is C32H34O8. The predicted octanol–water partition coefficient (Wildman–Crippen LogP) is 4.31. The molecule has 2 bridgehead atoms. The van der Waals surface area contributed by atoms with Crippen molar-refractivity contribution >= 4 is 17.7 Å². The van der Waals surface area contributed by atoms with Crippen LogP contribution in [0.5, 0.6) is 11.5 Å². The highest BCUT2D eigenvalue weighted by molar-refractivity contribution is 5.91. The van der Waals surface area contributed by atoms with E-state index in [0.29, 0.717) is 35.7 Å². The van der Waals surface area contributed by atoms with Crippen LogP contribution in [0.25, 0.3) is 0 Å². The standard InChI is InChI=1S/C32H34O8/c1-18(38-19(2)33)24(34)17-23(20-8-5-4-6-9-20)30(35)39-26-13-15-32(36)22-10-7-14-31(32)27-21(16-22)11-12-25(37-3)28(27)40-29(26)31/h4-6,8-9,11-13,18,22-23,29,36H,7,10,14-17H2,1-3H3/t18-,22+,23-,29-,31-,32+/m0/s1. The van der Waals surface area contributed by atoms with Gasteiger partial charge in [0.2, 0.25) is 0 Å². The summed E-state index contributed by atoms with van der Waals surface area (Å²) < 4.78 is 23.4. The Morgan fingerprint density at radius 1 is 1.15 bits per heavy atom. The lowest BCUT2D eigenvalue weighted by Crippen LogP contribution is -2.67. The van der Waals surface area contributed by atoms with Gasteiger partial charge in [0.1, 0.15) is 5.76 Å². The Kier molecular flexibility index (Phi) is 6.49. The van der Waals surface area contributed by atoms with Crippen LogP contribution in [0.4, 0.5) is 0 Å². The monoisotopic (exact) mass is 546 g/mol. The highest BCUT2D eigenvalue weighted by atomic mass is 16.6. The van der Waals surface area contributed by atoms with Gasteiger partial charge in [-0.2, -0.15) is 0 Å². The maximum Gasteiger partial charge on any atom is 0.319 e. The predicted molar refractivity (Wildman–Crippen MR) is 144 cm³/mol. The molecule has 210 valence electrons. The van der Waals surface area contributed by atoms with Crippen molar-refractivity contribution in [3.05, 3.63) is 71.0 Å². The third-order valence-electron chi connectivity index (χ3n) is 9.37. The van der Waals surface area contributed by atoms with Crippen molar-refractivity contribution in [1.82, 2.24) is 0 Å². The van der Waals surface area contributed by atoms with Gasteiger partial charge in [-0.1, -0.05) is 42.8 Å². The zero-order chi connectivity index (χ0) is 28.2. The molecule has 0 saturated heterocycles. The van der Waals surface area contributed by atoms with Crippen LogP contribution < -0.4 is 9.47 Å². The molecule has 0 radical (unpaired) electrons. The van der Waals surface area contributed by atoms with Crippen molar-refractivity contribution < 1.29 is 38.4 Å². The maximum absolute atomic E-state index is 13.8. The number of benzene rings is 2. The van der Waals surface area contributed by atoms with Crippen molar-refractivity contribution in [3.63, 3.8) is 0 Å². The second-order valence-corrected chi connectivity index (χ2v) is 11.4. The lowest BCUT2D eigenvalue weighted by molar-refractivity contribution is -0.161. The van der Waals surface area contributed by atoms with Gasteiger partial charge >= 0.3 is 11.9 Å². The summed E-state index contributed by atoms with van der Waals surface area (Å²) in [6.45, 7) is 2.74. The third kappa shape index (κ3) is 3.87. The first kappa shape index (κ1) is 26.6. The van der Waals surface area contributed by atoms with Gasteiger partial charge in [0.25, 0.3) is 0 Å². The number of hydrogen-bond donors (Lipinski definition) is 1. The zero-order valence-electron chi connectivity index (χ0n) is 23.0. The molecule has 1 saturated carbocycles. The minimum Gasteiger partial charge on any atom is -0.493 e. The summed E-state index contributed by atoms with van der Waals surface area (Å²) in [5.74, 6) is -0.835. The van der Waals surface area contributed by atoms with Gasteiger partial charge in [-0.3, -0.25) is 14.4 Å².